The number of aromatic nitrogens is 3. The van der Waals surface area contributed by atoms with Crippen molar-refractivity contribution >= 4 is 32.5 Å². The largest absolute Gasteiger partial charge is 0.361 e. The van der Waals surface area contributed by atoms with Gasteiger partial charge in [-0.05, 0) is 54.4 Å². The van der Waals surface area contributed by atoms with Crippen LogP contribution in [0.25, 0.3) is 10.9 Å². The number of aromatic amines is 1. The molecule has 0 aliphatic rings. The number of H-pyrrole nitrogens is 1. The van der Waals surface area contributed by atoms with E-state index < -0.39 is 15.9 Å². The molecular weight excluding hydrogens is 388 g/mol. The standard InChI is InChI=1S/C21H20N4O3S/c1-2-3-15-4-6-17(7-5-15)23-21(26)20-11-13-25(24-20)29(27,28)18-8-9-19-16(14-18)10-12-22-19/h4-14,22H,2-3H2,1H3,(H,23,26). The lowest BCUT2D eigenvalue weighted by Crippen LogP contribution is -2.17. The monoisotopic (exact) mass is 408 g/mol. The van der Waals surface area contributed by atoms with Gasteiger partial charge in [0, 0.05) is 29.0 Å². The smallest absolute Gasteiger partial charge is 0.282 e. The SMILES string of the molecule is CCCc1ccc(NC(=O)c2ccn(S(=O)(=O)c3ccc4[nH]ccc4c3)n2)cc1. The third-order valence-electron chi connectivity index (χ3n) is 4.62. The van der Waals surface area contributed by atoms with Crippen LogP contribution in [-0.2, 0) is 16.4 Å². The van der Waals surface area contributed by atoms with Crippen LogP contribution in [0.4, 0.5) is 5.69 Å². The topological polar surface area (TPSA) is 96.9 Å². The molecule has 0 saturated carbocycles. The van der Waals surface area contributed by atoms with Crippen molar-refractivity contribution in [1.82, 2.24) is 14.2 Å². The Bertz CT molecular complexity index is 1270. The lowest BCUT2D eigenvalue weighted by molar-refractivity contribution is 0.102. The number of nitrogens with zero attached hydrogens (tertiary/aromatic N) is 2. The van der Waals surface area contributed by atoms with E-state index in [1.165, 1.54) is 23.9 Å². The van der Waals surface area contributed by atoms with Gasteiger partial charge in [0.2, 0.25) is 0 Å². The summed E-state index contributed by atoms with van der Waals surface area (Å²) >= 11 is 0. The van der Waals surface area contributed by atoms with E-state index in [1.807, 2.05) is 24.3 Å². The zero-order chi connectivity index (χ0) is 20.4. The van der Waals surface area contributed by atoms with Gasteiger partial charge in [0.15, 0.2) is 5.69 Å². The first-order chi connectivity index (χ1) is 14.0. The van der Waals surface area contributed by atoms with E-state index in [9.17, 15) is 13.2 Å². The molecule has 1 amide bonds. The molecule has 7 nitrogen and oxygen atoms in total. The first-order valence-corrected chi connectivity index (χ1v) is 10.7. The van der Waals surface area contributed by atoms with Crippen LogP contribution in [-0.4, -0.2) is 28.5 Å². The van der Waals surface area contributed by atoms with Crippen LogP contribution in [0.2, 0.25) is 0 Å². The second-order valence-electron chi connectivity index (χ2n) is 6.71. The van der Waals surface area contributed by atoms with Crippen LogP contribution in [0.15, 0.2) is 71.9 Å². The van der Waals surface area contributed by atoms with E-state index in [2.05, 4.69) is 22.3 Å². The summed E-state index contributed by atoms with van der Waals surface area (Å²) in [5.74, 6) is -0.469. The van der Waals surface area contributed by atoms with E-state index in [4.69, 9.17) is 0 Å². The third kappa shape index (κ3) is 3.79. The summed E-state index contributed by atoms with van der Waals surface area (Å²) < 4.78 is 26.5. The second kappa shape index (κ2) is 7.56. The summed E-state index contributed by atoms with van der Waals surface area (Å²) in [6, 6.07) is 15.5. The summed E-state index contributed by atoms with van der Waals surface area (Å²) in [5, 5.41) is 7.50. The van der Waals surface area contributed by atoms with Crippen LogP contribution < -0.4 is 5.32 Å². The average molecular weight is 408 g/mol. The zero-order valence-corrected chi connectivity index (χ0v) is 16.6. The highest BCUT2D eigenvalue weighted by molar-refractivity contribution is 7.89. The molecule has 29 heavy (non-hydrogen) atoms. The number of rotatable bonds is 6. The van der Waals surface area contributed by atoms with E-state index >= 15 is 0 Å². The Hall–Kier alpha value is -3.39. The Morgan fingerprint density at radius 1 is 1.10 bits per heavy atom. The van der Waals surface area contributed by atoms with E-state index in [-0.39, 0.29) is 10.6 Å². The molecule has 0 aliphatic carbocycles. The number of hydrogen-bond donors (Lipinski definition) is 2. The van der Waals surface area contributed by atoms with Crippen molar-refractivity contribution in [2.24, 2.45) is 0 Å². The van der Waals surface area contributed by atoms with Gasteiger partial charge < -0.3 is 10.3 Å². The Morgan fingerprint density at radius 3 is 2.66 bits per heavy atom. The fourth-order valence-electron chi connectivity index (χ4n) is 3.10. The maximum atomic E-state index is 12.9. The van der Waals surface area contributed by atoms with Gasteiger partial charge in [0.25, 0.3) is 15.9 Å². The molecule has 2 aromatic carbocycles. The minimum Gasteiger partial charge on any atom is -0.361 e. The first-order valence-electron chi connectivity index (χ1n) is 9.26. The number of benzene rings is 2. The van der Waals surface area contributed by atoms with E-state index in [0.29, 0.717) is 5.69 Å². The maximum Gasteiger partial charge on any atom is 0.282 e. The molecule has 8 heteroatoms. The molecule has 0 radical (unpaired) electrons. The highest BCUT2D eigenvalue weighted by Crippen LogP contribution is 2.20. The molecular formula is C21H20N4O3S. The van der Waals surface area contributed by atoms with E-state index in [1.54, 1.807) is 24.4 Å². The van der Waals surface area contributed by atoms with Crippen molar-refractivity contribution in [3.63, 3.8) is 0 Å². The van der Waals surface area contributed by atoms with Gasteiger partial charge in [-0.1, -0.05) is 25.5 Å². The molecule has 0 aliphatic heterocycles. The maximum absolute atomic E-state index is 12.9. The number of carbonyl (C=O) groups excluding carboxylic acids is 1. The molecule has 148 valence electrons. The Balaban J connectivity index is 1.54. The number of anilines is 1. The predicted molar refractivity (Wildman–Crippen MR) is 111 cm³/mol. The third-order valence-corrected chi connectivity index (χ3v) is 6.16. The van der Waals surface area contributed by atoms with Gasteiger partial charge in [-0.3, -0.25) is 4.79 Å². The van der Waals surface area contributed by atoms with Gasteiger partial charge in [-0.25, -0.2) is 0 Å². The summed E-state index contributed by atoms with van der Waals surface area (Å²) in [6.07, 6.45) is 5.04. The van der Waals surface area contributed by atoms with Crippen molar-refractivity contribution in [3.8, 4) is 0 Å². The normalized spacial score (nSPS) is 11.6. The molecule has 2 N–H and O–H groups in total. The lowest BCUT2D eigenvalue weighted by Gasteiger charge is -2.06. The number of fused-ring (bicyclic) bond motifs is 1. The second-order valence-corrected chi connectivity index (χ2v) is 8.50. The lowest BCUT2D eigenvalue weighted by atomic mass is 10.1. The fraction of sp³-hybridized carbons (Fsp3) is 0.143. The Morgan fingerprint density at radius 2 is 1.90 bits per heavy atom. The summed E-state index contributed by atoms with van der Waals surface area (Å²) in [5.41, 5.74) is 2.69. The molecule has 2 aromatic heterocycles. The number of aryl methyl sites for hydroxylation is 1. The highest BCUT2D eigenvalue weighted by Gasteiger charge is 2.20. The summed E-state index contributed by atoms with van der Waals surface area (Å²) in [4.78, 5) is 15.6. The van der Waals surface area contributed by atoms with Gasteiger partial charge in [-0.2, -0.15) is 17.6 Å². The minimum atomic E-state index is -3.89. The highest BCUT2D eigenvalue weighted by atomic mass is 32.2. The fourth-order valence-corrected chi connectivity index (χ4v) is 4.25. The number of hydrogen-bond acceptors (Lipinski definition) is 4. The van der Waals surface area contributed by atoms with Crippen molar-refractivity contribution in [3.05, 3.63) is 78.2 Å². The first kappa shape index (κ1) is 18.9. The number of carbonyl (C=O) groups is 1. The minimum absolute atomic E-state index is 0.0222. The zero-order valence-electron chi connectivity index (χ0n) is 15.8. The van der Waals surface area contributed by atoms with Crippen LogP contribution >= 0.6 is 0 Å². The molecule has 0 fully saturated rings. The van der Waals surface area contributed by atoms with Crippen molar-refractivity contribution in [2.75, 3.05) is 5.32 Å². The molecule has 4 rings (SSSR count). The predicted octanol–water partition coefficient (Wildman–Crippen LogP) is 3.81. The van der Waals surface area contributed by atoms with Crippen LogP contribution in [0.5, 0.6) is 0 Å². The summed E-state index contributed by atoms with van der Waals surface area (Å²) in [6.45, 7) is 2.11. The van der Waals surface area contributed by atoms with Crippen LogP contribution in [0.3, 0.4) is 0 Å². The van der Waals surface area contributed by atoms with Crippen molar-refractivity contribution in [1.29, 1.82) is 0 Å². The van der Waals surface area contributed by atoms with Crippen molar-refractivity contribution < 1.29 is 13.2 Å². The molecule has 0 atom stereocenters. The molecule has 0 spiro atoms. The summed E-state index contributed by atoms with van der Waals surface area (Å²) in [7, 11) is -3.89. The van der Waals surface area contributed by atoms with Gasteiger partial charge in [0.1, 0.15) is 0 Å². The van der Waals surface area contributed by atoms with Crippen LogP contribution in [0.1, 0.15) is 29.4 Å². The van der Waals surface area contributed by atoms with Gasteiger partial charge in [0.05, 0.1) is 4.90 Å². The Kier molecular flexibility index (Phi) is 4.94. The van der Waals surface area contributed by atoms with Crippen LogP contribution in [0, 0.1) is 0 Å². The van der Waals surface area contributed by atoms with Crippen molar-refractivity contribution in [2.45, 2.75) is 24.7 Å². The molecule has 0 unspecified atom stereocenters. The molecule has 2 heterocycles. The Labute approximate surface area is 168 Å². The molecule has 4 aromatic rings. The van der Waals surface area contributed by atoms with E-state index in [0.717, 1.165) is 27.8 Å². The van der Waals surface area contributed by atoms with Gasteiger partial charge >= 0.3 is 0 Å². The number of nitrogens with one attached hydrogen (secondary N) is 2. The molecule has 0 saturated heterocycles. The average Bonchev–Trinajstić information content (AvgIpc) is 3.39. The van der Waals surface area contributed by atoms with Gasteiger partial charge in [-0.15, -0.1) is 0 Å². The molecule has 0 bridgehead atoms. The quantitative estimate of drug-likeness (QED) is 0.507. The number of amides is 1.